The lowest BCUT2D eigenvalue weighted by Gasteiger charge is -2.39. The molecule has 31 heavy (non-hydrogen) atoms. The summed E-state index contributed by atoms with van der Waals surface area (Å²) >= 11 is 0. The summed E-state index contributed by atoms with van der Waals surface area (Å²) in [6.07, 6.45) is 1.09. The smallest absolute Gasteiger partial charge is 0.413 e. The molecule has 0 bridgehead atoms. The van der Waals surface area contributed by atoms with Crippen molar-refractivity contribution in [3.8, 4) is 11.5 Å². The van der Waals surface area contributed by atoms with Gasteiger partial charge in [0, 0.05) is 24.4 Å². The van der Waals surface area contributed by atoms with Gasteiger partial charge < -0.3 is 19.1 Å². The third-order valence-corrected chi connectivity index (χ3v) is 5.04. The summed E-state index contributed by atoms with van der Waals surface area (Å²) in [4.78, 5) is 31.6. The number of carbonyl (C=O) groups is 2. The van der Waals surface area contributed by atoms with Crippen LogP contribution in [0.25, 0.3) is 0 Å². The van der Waals surface area contributed by atoms with E-state index in [1.165, 1.54) is 0 Å². The van der Waals surface area contributed by atoms with Crippen molar-refractivity contribution in [3.63, 3.8) is 0 Å². The Labute approximate surface area is 182 Å². The molecule has 2 amide bonds. The fourth-order valence-corrected chi connectivity index (χ4v) is 3.52. The van der Waals surface area contributed by atoms with Gasteiger partial charge in [-0.3, -0.25) is 10.1 Å². The van der Waals surface area contributed by atoms with Crippen LogP contribution in [0.15, 0.2) is 30.5 Å². The average molecular weight is 428 g/mol. The maximum absolute atomic E-state index is 13.4. The lowest BCUT2D eigenvalue weighted by molar-refractivity contribution is -0.123. The van der Waals surface area contributed by atoms with E-state index in [4.69, 9.17) is 14.2 Å². The van der Waals surface area contributed by atoms with E-state index in [0.29, 0.717) is 29.5 Å². The number of aromatic nitrogens is 1. The standard InChI is InChI=1S/C23H29N3O5/c1-22(2,3)31-21(28)25-19-11-18-14(12-24-19)13-26(20(27)23(18,4)5)15-8-16(29-6)10-17(9-15)30-7/h8-12H,13H2,1-7H3,(H,24,25,28). The van der Waals surface area contributed by atoms with Gasteiger partial charge in [-0.25, -0.2) is 9.78 Å². The first-order valence-corrected chi connectivity index (χ1v) is 9.99. The quantitative estimate of drug-likeness (QED) is 0.784. The molecule has 0 saturated heterocycles. The summed E-state index contributed by atoms with van der Waals surface area (Å²) in [5, 5.41) is 2.64. The molecule has 0 fully saturated rings. The van der Waals surface area contributed by atoms with Crippen LogP contribution in [-0.2, 0) is 21.5 Å². The summed E-state index contributed by atoms with van der Waals surface area (Å²) in [7, 11) is 3.14. The van der Waals surface area contributed by atoms with Crippen LogP contribution in [0.2, 0.25) is 0 Å². The Morgan fingerprint density at radius 3 is 2.26 bits per heavy atom. The molecule has 1 aliphatic rings. The Balaban J connectivity index is 1.94. The average Bonchev–Trinajstić information content (AvgIpc) is 2.69. The summed E-state index contributed by atoms with van der Waals surface area (Å²) in [6, 6.07) is 7.09. The molecule has 0 saturated carbocycles. The zero-order valence-corrected chi connectivity index (χ0v) is 19.0. The van der Waals surface area contributed by atoms with Crippen molar-refractivity contribution in [2.75, 3.05) is 24.4 Å². The highest BCUT2D eigenvalue weighted by atomic mass is 16.6. The first-order valence-electron chi connectivity index (χ1n) is 9.99. The fraction of sp³-hybridized carbons (Fsp3) is 0.435. The molecule has 166 valence electrons. The molecular formula is C23H29N3O5. The van der Waals surface area contributed by atoms with E-state index >= 15 is 0 Å². The number of carbonyl (C=O) groups excluding carboxylic acids is 2. The van der Waals surface area contributed by atoms with Gasteiger partial charge >= 0.3 is 6.09 Å². The van der Waals surface area contributed by atoms with E-state index in [1.54, 1.807) is 70.4 Å². The zero-order chi connectivity index (χ0) is 23.0. The van der Waals surface area contributed by atoms with Gasteiger partial charge in [-0.05, 0) is 51.8 Å². The van der Waals surface area contributed by atoms with Gasteiger partial charge in [0.2, 0.25) is 5.91 Å². The van der Waals surface area contributed by atoms with Crippen LogP contribution in [-0.4, -0.2) is 36.8 Å². The van der Waals surface area contributed by atoms with Crippen molar-refractivity contribution in [1.29, 1.82) is 0 Å². The maximum atomic E-state index is 13.4. The van der Waals surface area contributed by atoms with Gasteiger partial charge in [0.05, 0.1) is 31.9 Å². The lowest BCUT2D eigenvalue weighted by atomic mass is 9.78. The first-order chi connectivity index (χ1) is 14.4. The molecule has 2 heterocycles. The van der Waals surface area contributed by atoms with Gasteiger partial charge in [0.15, 0.2) is 0 Å². The Morgan fingerprint density at radius 2 is 1.71 bits per heavy atom. The van der Waals surface area contributed by atoms with E-state index in [2.05, 4.69) is 10.3 Å². The molecule has 8 heteroatoms. The van der Waals surface area contributed by atoms with Crippen molar-refractivity contribution in [2.24, 2.45) is 0 Å². The van der Waals surface area contributed by atoms with Crippen LogP contribution in [0.1, 0.15) is 45.7 Å². The van der Waals surface area contributed by atoms with Crippen molar-refractivity contribution in [3.05, 3.63) is 41.6 Å². The number of nitrogens with one attached hydrogen (secondary N) is 1. The summed E-state index contributed by atoms with van der Waals surface area (Å²) in [6.45, 7) is 9.42. The molecule has 2 aromatic rings. The lowest BCUT2D eigenvalue weighted by Crippen LogP contribution is -2.48. The highest BCUT2D eigenvalue weighted by Gasteiger charge is 2.41. The Hall–Kier alpha value is -3.29. The molecule has 3 rings (SSSR count). The topological polar surface area (TPSA) is 90.0 Å². The van der Waals surface area contributed by atoms with Crippen molar-refractivity contribution < 1.29 is 23.8 Å². The normalized spacial score (nSPS) is 15.2. The largest absolute Gasteiger partial charge is 0.497 e. The number of pyridine rings is 1. The number of amides is 2. The van der Waals surface area contributed by atoms with Crippen LogP contribution >= 0.6 is 0 Å². The van der Waals surface area contributed by atoms with Gasteiger partial charge in [-0.2, -0.15) is 0 Å². The first kappa shape index (κ1) is 22.4. The number of anilines is 2. The highest BCUT2D eigenvalue weighted by Crippen LogP contribution is 2.39. The van der Waals surface area contributed by atoms with Gasteiger partial charge in [-0.1, -0.05) is 0 Å². The highest BCUT2D eigenvalue weighted by molar-refractivity contribution is 6.03. The number of fused-ring (bicyclic) bond motifs is 1. The van der Waals surface area contributed by atoms with Crippen LogP contribution in [0.3, 0.4) is 0 Å². The minimum absolute atomic E-state index is 0.0790. The minimum Gasteiger partial charge on any atom is -0.497 e. The van der Waals surface area contributed by atoms with Crippen LogP contribution < -0.4 is 19.7 Å². The molecule has 0 aliphatic carbocycles. The molecule has 0 unspecified atom stereocenters. The van der Waals surface area contributed by atoms with Gasteiger partial charge in [-0.15, -0.1) is 0 Å². The molecule has 0 spiro atoms. The van der Waals surface area contributed by atoms with E-state index in [9.17, 15) is 9.59 Å². The maximum Gasteiger partial charge on any atom is 0.413 e. The molecule has 1 aromatic carbocycles. The van der Waals surface area contributed by atoms with Crippen molar-refractivity contribution in [1.82, 2.24) is 4.98 Å². The number of benzene rings is 1. The third kappa shape index (κ3) is 4.73. The number of hydrogen-bond acceptors (Lipinski definition) is 6. The molecule has 1 N–H and O–H groups in total. The molecular weight excluding hydrogens is 398 g/mol. The Bertz CT molecular complexity index is 989. The fourth-order valence-electron chi connectivity index (χ4n) is 3.52. The van der Waals surface area contributed by atoms with Crippen molar-refractivity contribution >= 4 is 23.5 Å². The monoisotopic (exact) mass is 427 g/mol. The number of nitrogens with zero attached hydrogens (tertiary/aromatic N) is 2. The van der Waals surface area contributed by atoms with E-state index in [1.807, 2.05) is 13.8 Å². The second-order valence-electron chi connectivity index (χ2n) is 8.94. The Kier molecular flexibility index (Phi) is 5.85. The number of ether oxygens (including phenoxy) is 3. The molecule has 1 aliphatic heterocycles. The van der Waals surface area contributed by atoms with Crippen LogP contribution in [0, 0.1) is 0 Å². The third-order valence-electron chi connectivity index (χ3n) is 5.04. The second kappa shape index (κ2) is 8.09. The SMILES string of the molecule is COc1cc(OC)cc(N2Cc3cnc(NC(=O)OC(C)(C)C)cc3C(C)(C)C2=O)c1. The molecule has 1 aromatic heterocycles. The predicted octanol–water partition coefficient (Wildman–Crippen LogP) is 4.27. The number of rotatable bonds is 4. The number of hydrogen-bond donors (Lipinski definition) is 1. The van der Waals surface area contributed by atoms with E-state index < -0.39 is 17.1 Å². The van der Waals surface area contributed by atoms with Gasteiger partial charge in [0.25, 0.3) is 0 Å². The summed E-state index contributed by atoms with van der Waals surface area (Å²) < 4.78 is 16.0. The zero-order valence-electron chi connectivity index (χ0n) is 19.0. The van der Waals surface area contributed by atoms with Crippen LogP contribution in [0.5, 0.6) is 11.5 Å². The van der Waals surface area contributed by atoms with Gasteiger partial charge in [0.1, 0.15) is 22.9 Å². The minimum atomic E-state index is -0.836. The summed E-state index contributed by atoms with van der Waals surface area (Å²) in [5.74, 6) is 1.46. The van der Waals surface area contributed by atoms with Crippen molar-refractivity contribution in [2.45, 2.75) is 52.2 Å². The predicted molar refractivity (Wildman–Crippen MR) is 118 cm³/mol. The van der Waals surface area contributed by atoms with E-state index in [-0.39, 0.29) is 5.91 Å². The molecule has 8 nitrogen and oxygen atoms in total. The van der Waals surface area contributed by atoms with Crippen LogP contribution in [0.4, 0.5) is 16.3 Å². The number of methoxy groups -OCH3 is 2. The second-order valence-corrected chi connectivity index (χ2v) is 8.94. The molecule has 0 radical (unpaired) electrons. The Morgan fingerprint density at radius 1 is 1.10 bits per heavy atom. The van der Waals surface area contributed by atoms with E-state index in [0.717, 1.165) is 11.1 Å². The summed E-state index contributed by atoms with van der Waals surface area (Å²) in [5.41, 5.74) is 0.921. The molecule has 0 atom stereocenters.